The Morgan fingerprint density at radius 1 is 1.45 bits per heavy atom. The summed E-state index contributed by atoms with van der Waals surface area (Å²) in [6.07, 6.45) is 0.733. The zero-order valence-electron chi connectivity index (χ0n) is 11.3. The summed E-state index contributed by atoms with van der Waals surface area (Å²) in [5.41, 5.74) is 6.48. The largest absolute Gasteiger partial charge is 0.337 e. The van der Waals surface area contributed by atoms with Crippen molar-refractivity contribution in [1.82, 2.24) is 10.1 Å². The standard InChI is InChI=1S/C13H16N4O3/c1-8(2)6-11(14)13-15-12(16-20-13)9-4-3-5-10(7-9)17(18)19/h3-5,7-8,11H,6,14H2,1-2H3/t11-/m0/s1. The summed E-state index contributed by atoms with van der Waals surface area (Å²) in [4.78, 5) is 14.5. The van der Waals surface area contributed by atoms with Crippen molar-refractivity contribution in [2.24, 2.45) is 11.7 Å². The first-order valence-electron chi connectivity index (χ1n) is 6.31. The van der Waals surface area contributed by atoms with Crippen molar-refractivity contribution in [3.63, 3.8) is 0 Å². The Bertz CT molecular complexity index is 609. The van der Waals surface area contributed by atoms with Gasteiger partial charge < -0.3 is 10.3 Å². The molecule has 2 aromatic rings. The predicted octanol–water partition coefficient (Wildman–Crippen LogP) is 2.69. The van der Waals surface area contributed by atoms with Crippen molar-refractivity contribution in [2.75, 3.05) is 0 Å². The van der Waals surface area contributed by atoms with Crippen LogP contribution in [0.5, 0.6) is 0 Å². The zero-order valence-corrected chi connectivity index (χ0v) is 11.3. The Labute approximate surface area is 115 Å². The molecule has 0 amide bonds. The van der Waals surface area contributed by atoms with Gasteiger partial charge in [0.1, 0.15) is 0 Å². The lowest BCUT2D eigenvalue weighted by molar-refractivity contribution is -0.384. The fraction of sp³-hybridized carbons (Fsp3) is 0.385. The monoisotopic (exact) mass is 276 g/mol. The summed E-state index contributed by atoms with van der Waals surface area (Å²) in [5.74, 6) is 1.07. The van der Waals surface area contributed by atoms with Crippen molar-refractivity contribution < 1.29 is 9.45 Å². The van der Waals surface area contributed by atoms with Crippen molar-refractivity contribution in [3.8, 4) is 11.4 Å². The van der Waals surface area contributed by atoms with Crippen molar-refractivity contribution >= 4 is 5.69 Å². The summed E-state index contributed by atoms with van der Waals surface area (Å²) < 4.78 is 5.13. The minimum absolute atomic E-state index is 0.0136. The number of non-ortho nitro benzene ring substituents is 1. The molecule has 0 radical (unpaired) electrons. The van der Waals surface area contributed by atoms with Crippen LogP contribution in [0.3, 0.4) is 0 Å². The number of aromatic nitrogens is 2. The third-order valence-corrected chi connectivity index (χ3v) is 2.80. The lowest BCUT2D eigenvalue weighted by Crippen LogP contribution is -2.13. The molecule has 0 aliphatic rings. The lowest BCUT2D eigenvalue weighted by Gasteiger charge is -2.08. The van der Waals surface area contributed by atoms with E-state index in [1.165, 1.54) is 12.1 Å². The molecule has 0 unspecified atom stereocenters. The van der Waals surface area contributed by atoms with Crippen LogP contribution in [0.2, 0.25) is 0 Å². The first-order valence-corrected chi connectivity index (χ1v) is 6.31. The first kappa shape index (κ1) is 14.1. The molecule has 0 aliphatic heterocycles. The summed E-state index contributed by atoms with van der Waals surface area (Å²) in [6, 6.07) is 5.76. The van der Waals surface area contributed by atoms with Gasteiger partial charge in [0.05, 0.1) is 11.0 Å². The van der Waals surface area contributed by atoms with E-state index in [9.17, 15) is 10.1 Å². The molecule has 2 rings (SSSR count). The van der Waals surface area contributed by atoms with E-state index in [0.29, 0.717) is 23.2 Å². The number of nitrogens with two attached hydrogens (primary N) is 1. The molecule has 0 spiro atoms. The molecule has 0 saturated carbocycles. The molecule has 2 N–H and O–H groups in total. The van der Waals surface area contributed by atoms with E-state index in [-0.39, 0.29) is 11.7 Å². The average Bonchev–Trinajstić information content (AvgIpc) is 2.87. The highest BCUT2D eigenvalue weighted by Crippen LogP contribution is 2.24. The quantitative estimate of drug-likeness (QED) is 0.664. The molecule has 106 valence electrons. The van der Waals surface area contributed by atoms with Gasteiger partial charge in [0.2, 0.25) is 11.7 Å². The van der Waals surface area contributed by atoms with Gasteiger partial charge in [-0.2, -0.15) is 4.98 Å². The number of hydrogen-bond acceptors (Lipinski definition) is 6. The Morgan fingerprint density at radius 2 is 2.20 bits per heavy atom. The molecule has 7 heteroatoms. The van der Waals surface area contributed by atoms with Crippen LogP contribution in [0.25, 0.3) is 11.4 Å². The molecular weight excluding hydrogens is 260 g/mol. The maximum atomic E-state index is 10.7. The molecule has 7 nitrogen and oxygen atoms in total. The zero-order chi connectivity index (χ0) is 14.7. The van der Waals surface area contributed by atoms with Gasteiger partial charge in [-0.15, -0.1) is 0 Å². The van der Waals surface area contributed by atoms with Gasteiger partial charge in [0.15, 0.2) is 0 Å². The van der Waals surface area contributed by atoms with Crippen LogP contribution in [0.1, 0.15) is 32.2 Å². The third-order valence-electron chi connectivity index (χ3n) is 2.80. The normalized spacial score (nSPS) is 12.6. The van der Waals surface area contributed by atoms with Crippen LogP contribution in [0.4, 0.5) is 5.69 Å². The SMILES string of the molecule is CC(C)C[C@H](N)c1nc(-c2cccc([N+](=O)[O-])c2)no1. The predicted molar refractivity (Wildman–Crippen MR) is 72.8 cm³/mol. The number of hydrogen-bond donors (Lipinski definition) is 1. The highest BCUT2D eigenvalue weighted by molar-refractivity contribution is 5.58. The van der Waals surface area contributed by atoms with E-state index in [4.69, 9.17) is 10.3 Å². The highest BCUT2D eigenvalue weighted by atomic mass is 16.6. The number of nitro benzene ring substituents is 1. The molecule has 0 fully saturated rings. The van der Waals surface area contributed by atoms with E-state index < -0.39 is 4.92 Å². The average molecular weight is 276 g/mol. The van der Waals surface area contributed by atoms with Crippen molar-refractivity contribution in [2.45, 2.75) is 26.3 Å². The van der Waals surface area contributed by atoms with Crippen molar-refractivity contribution in [3.05, 3.63) is 40.3 Å². The summed E-state index contributed by atoms with van der Waals surface area (Å²) >= 11 is 0. The Kier molecular flexibility index (Phi) is 4.09. The van der Waals surface area contributed by atoms with Crippen LogP contribution in [0.15, 0.2) is 28.8 Å². The second-order valence-electron chi connectivity index (χ2n) is 5.00. The molecule has 0 aliphatic carbocycles. The number of nitrogens with zero attached hydrogens (tertiary/aromatic N) is 3. The molecule has 1 atom stereocenters. The Hall–Kier alpha value is -2.28. The Balaban J connectivity index is 2.24. The number of benzene rings is 1. The first-order chi connectivity index (χ1) is 9.47. The minimum Gasteiger partial charge on any atom is -0.337 e. The van der Waals surface area contributed by atoms with Gasteiger partial charge in [-0.25, -0.2) is 0 Å². The summed E-state index contributed by atoms with van der Waals surface area (Å²) in [6.45, 7) is 4.11. The van der Waals surface area contributed by atoms with Crippen LogP contribution < -0.4 is 5.73 Å². The van der Waals surface area contributed by atoms with Gasteiger partial charge in [0.25, 0.3) is 5.69 Å². The van der Waals surface area contributed by atoms with Crippen LogP contribution >= 0.6 is 0 Å². The van der Waals surface area contributed by atoms with Gasteiger partial charge in [-0.1, -0.05) is 31.1 Å². The van der Waals surface area contributed by atoms with Crippen LogP contribution in [-0.2, 0) is 0 Å². The third kappa shape index (κ3) is 3.18. The minimum atomic E-state index is -0.463. The van der Waals surface area contributed by atoms with E-state index >= 15 is 0 Å². The van der Waals surface area contributed by atoms with Gasteiger partial charge in [0, 0.05) is 17.7 Å². The van der Waals surface area contributed by atoms with Gasteiger partial charge in [-0.3, -0.25) is 10.1 Å². The van der Waals surface area contributed by atoms with E-state index in [1.54, 1.807) is 12.1 Å². The molecule has 1 aromatic heterocycles. The number of rotatable bonds is 5. The molecule has 0 saturated heterocycles. The Morgan fingerprint density at radius 3 is 2.85 bits per heavy atom. The topological polar surface area (TPSA) is 108 Å². The van der Waals surface area contributed by atoms with E-state index in [0.717, 1.165) is 6.42 Å². The molecule has 0 bridgehead atoms. The number of nitro groups is 1. The second kappa shape index (κ2) is 5.79. The molecule has 20 heavy (non-hydrogen) atoms. The fourth-order valence-electron chi connectivity index (χ4n) is 1.87. The van der Waals surface area contributed by atoms with Crippen LogP contribution in [0, 0.1) is 16.0 Å². The fourth-order valence-corrected chi connectivity index (χ4v) is 1.87. The van der Waals surface area contributed by atoms with E-state index in [2.05, 4.69) is 24.0 Å². The molecule has 1 aromatic carbocycles. The maximum absolute atomic E-state index is 10.7. The summed E-state index contributed by atoms with van der Waals surface area (Å²) in [5, 5.41) is 14.6. The van der Waals surface area contributed by atoms with Crippen molar-refractivity contribution in [1.29, 1.82) is 0 Å². The van der Waals surface area contributed by atoms with Gasteiger partial charge in [-0.05, 0) is 12.3 Å². The molecular formula is C13H16N4O3. The summed E-state index contributed by atoms with van der Waals surface area (Å²) in [7, 11) is 0. The smallest absolute Gasteiger partial charge is 0.270 e. The molecule has 1 heterocycles. The lowest BCUT2D eigenvalue weighted by atomic mass is 10.0. The van der Waals surface area contributed by atoms with Gasteiger partial charge >= 0.3 is 0 Å². The van der Waals surface area contributed by atoms with Crippen LogP contribution in [-0.4, -0.2) is 15.1 Å². The maximum Gasteiger partial charge on any atom is 0.270 e. The van der Waals surface area contributed by atoms with E-state index in [1.807, 2.05) is 0 Å². The highest BCUT2D eigenvalue weighted by Gasteiger charge is 2.18. The second-order valence-corrected chi connectivity index (χ2v) is 5.00.